The molecule has 5 nitrogen and oxygen atoms in total. The topological polar surface area (TPSA) is 75.4 Å². The van der Waals surface area contributed by atoms with Crippen LogP contribution in [0.1, 0.15) is 17.2 Å². The Kier molecular flexibility index (Phi) is 5.43. The first kappa shape index (κ1) is 16.4. The molecule has 1 atom stereocenters. The monoisotopic (exact) mass is 324 g/mol. The molecule has 0 radical (unpaired) electrons. The first-order chi connectivity index (χ1) is 10.5. The minimum atomic E-state index is -0.871. The van der Waals surface area contributed by atoms with Crippen LogP contribution in [0.4, 0.5) is 10.1 Å². The van der Waals surface area contributed by atoms with Crippen molar-refractivity contribution in [1.82, 2.24) is 5.32 Å². The molecule has 2 rings (SSSR count). The van der Waals surface area contributed by atoms with Crippen molar-refractivity contribution in [3.8, 4) is 0 Å². The van der Waals surface area contributed by atoms with Gasteiger partial charge in [-0.2, -0.15) is 0 Å². The quantitative estimate of drug-likeness (QED) is 0.632. The van der Waals surface area contributed by atoms with Gasteiger partial charge in [-0.1, -0.05) is 29.8 Å². The van der Waals surface area contributed by atoms with Crippen LogP contribution >= 0.6 is 11.6 Å². The predicted octanol–water partition coefficient (Wildman–Crippen LogP) is 3.21. The van der Waals surface area contributed by atoms with Gasteiger partial charge in [0.05, 0.1) is 16.0 Å². The number of aliphatic hydroxyl groups excluding tert-OH is 1. The van der Waals surface area contributed by atoms with E-state index in [0.717, 1.165) is 5.56 Å². The molecule has 0 amide bonds. The van der Waals surface area contributed by atoms with Crippen molar-refractivity contribution in [1.29, 1.82) is 0 Å². The molecule has 7 heteroatoms. The van der Waals surface area contributed by atoms with Gasteiger partial charge in [-0.3, -0.25) is 10.1 Å². The van der Waals surface area contributed by atoms with Crippen molar-refractivity contribution < 1.29 is 14.4 Å². The lowest BCUT2D eigenvalue weighted by atomic mass is 10.1. The Bertz CT molecular complexity index is 664. The van der Waals surface area contributed by atoms with E-state index in [9.17, 15) is 19.6 Å². The van der Waals surface area contributed by atoms with E-state index in [1.54, 1.807) is 18.2 Å². The summed E-state index contributed by atoms with van der Waals surface area (Å²) in [5, 5.41) is 23.5. The predicted molar refractivity (Wildman–Crippen MR) is 81.2 cm³/mol. The van der Waals surface area contributed by atoms with Crippen LogP contribution in [-0.4, -0.2) is 16.6 Å². The van der Waals surface area contributed by atoms with Crippen LogP contribution in [0, 0.1) is 15.9 Å². The molecule has 2 aromatic carbocycles. The average molecular weight is 325 g/mol. The minimum absolute atomic E-state index is 0.00906. The van der Waals surface area contributed by atoms with Gasteiger partial charge in [0.25, 0.3) is 5.69 Å². The molecule has 1 unspecified atom stereocenters. The number of hydrogen-bond donors (Lipinski definition) is 2. The molecule has 2 N–H and O–H groups in total. The summed E-state index contributed by atoms with van der Waals surface area (Å²) in [6, 6.07) is 10.3. The summed E-state index contributed by atoms with van der Waals surface area (Å²) < 4.78 is 13.3. The zero-order chi connectivity index (χ0) is 16.1. The number of non-ortho nitro benzene ring substituents is 1. The highest BCUT2D eigenvalue weighted by Gasteiger charge is 2.10. The van der Waals surface area contributed by atoms with E-state index in [2.05, 4.69) is 5.32 Å². The van der Waals surface area contributed by atoms with Gasteiger partial charge in [0, 0.05) is 25.2 Å². The number of nitro benzene ring substituents is 1. The summed E-state index contributed by atoms with van der Waals surface area (Å²) in [7, 11) is 0. The Morgan fingerprint density at radius 2 is 1.95 bits per heavy atom. The normalized spacial score (nSPS) is 12.1. The summed E-state index contributed by atoms with van der Waals surface area (Å²) in [6.45, 7) is 0.656. The maximum Gasteiger partial charge on any atom is 0.269 e. The zero-order valence-corrected chi connectivity index (χ0v) is 12.3. The lowest BCUT2D eigenvalue weighted by Crippen LogP contribution is -2.21. The Hall–Kier alpha value is -2.02. The number of nitro groups is 1. The molecule has 0 aliphatic heterocycles. The van der Waals surface area contributed by atoms with Gasteiger partial charge < -0.3 is 10.4 Å². The molecular weight excluding hydrogens is 311 g/mol. The van der Waals surface area contributed by atoms with Crippen LogP contribution in [0.5, 0.6) is 0 Å². The Balaban J connectivity index is 1.87. The fraction of sp³-hybridized carbons (Fsp3) is 0.200. The van der Waals surface area contributed by atoms with Gasteiger partial charge in [-0.15, -0.1) is 0 Å². The zero-order valence-electron chi connectivity index (χ0n) is 11.5. The molecule has 116 valence electrons. The second-order valence-electron chi connectivity index (χ2n) is 4.74. The van der Waals surface area contributed by atoms with Crippen molar-refractivity contribution in [2.24, 2.45) is 0 Å². The van der Waals surface area contributed by atoms with Crippen molar-refractivity contribution in [2.75, 3.05) is 6.54 Å². The van der Waals surface area contributed by atoms with Crippen LogP contribution in [0.15, 0.2) is 42.5 Å². The number of rotatable bonds is 6. The standard InChI is InChI=1S/C15H14ClFN2O3/c16-13-6-3-11(7-14(13)17)15(20)9-18-8-10-1-4-12(5-2-10)19(21)22/h1-7,15,18,20H,8-9H2. The Morgan fingerprint density at radius 1 is 1.27 bits per heavy atom. The highest BCUT2D eigenvalue weighted by Crippen LogP contribution is 2.20. The van der Waals surface area contributed by atoms with Gasteiger partial charge >= 0.3 is 0 Å². The SMILES string of the molecule is O=[N+]([O-])c1ccc(CNCC(O)c2ccc(Cl)c(F)c2)cc1. The second kappa shape index (κ2) is 7.31. The van der Waals surface area contributed by atoms with Crippen LogP contribution in [0.25, 0.3) is 0 Å². The molecule has 0 aliphatic carbocycles. The lowest BCUT2D eigenvalue weighted by molar-refractivity contribution is -0.384. The number of hydrogen-bond acceptors (Lipinski definition) is 4. The largest absolute Gasteiger partial charge is 0.387 e. The maximum absolute atomic E-state index is 13.3. The highest BCUT2D eigenvalue weighted by molar-refractivity contribution is 6.30. The van der Waals surface area contributed by atoms with E-state index in [-0.39, 0.29) is 17.3 Å². The third-order valence-electron chi connectivity index (χ3n) is 3.14. The van der Waals surface area contributed by atoms with E-state index in [0.29, 0.717) is 12.1 Å². The molecule has 0 spiro atoms. The number of nitrogens with zero attached hydrogens (tertiary/aromatic N) is 1. The van der Waals surface area contributed by atoms with Gasteiger partial charge in [0.1, 0.15) is 5.82 Å². The highest BCUT2D eigenvalue weighted by atomic mass is 35.5. The van der Waals surface area contributed by atoms with Gasteiger partial charge in [0.15, 0.2) is 0 Å². The van der Waals surface area contributed by atoms with Gasteiger partial charge in [-0.05, 0) is 23.3 Å². The van der Waals surface area contributed by atoms with Gasteiger partial charge in [-0.25, -0.2) is 4.39 Å². The molecule has 0 aliphatic rings. The molecule has 0 saturated heterocycles. The average Bonchev–Trinajstić information content (AvgIpc) is 2.50. The van der Waals surface area contributed by atoms with E-state index in [1.807, 2.05) is 0 Å². The summed E-state index contributed by atoms with van der Waals surface area (Å²) >= 11 is 5.58. The van der Waals surface area contributed by atoms with Crippen molar-refractivity contribution in [3.63, 3.8) is 0 Å². The van der Waals surface area contributed by atoms with E-state index in [1.165, 1.54) is 24.3 Å². The summed E-state index contributed by atoms with van der Waals surface area (Å²) in [4.78, 5) is 10.1. The molecule has 0 saturated carbocycles. The fourth-order valence-corrected chi connectivity index (χ4v) is 2.04. The van der Waals surface area contributed by atoms with Crippen LogP contribution in [-0.2, 0) is 6.54 Å². The van der Waals surface area contributed by atoms with E-state index >= 15 is 0 Å². The third-order valence-corrected chi connectivity index (χ3v) is 3.45. The molecule has 0 bridgehead atoms. The third kappa shape index (κ3) is 4.24. The summed E-state index contributed by atoms with van der Waals surface area (Å²) in [5.74, 6) is -0.575. The number of benzene rings is 2. The van der Waals surface area contributed by atoms with Crippen molar-refractivity contribution >= 4 is 17.3 Å². The number of aliphatic hydroxyl groups is 1. The smallest absolute Gasteiger partial charge is 0.269 e. The van der Waals surface area contributed by atoms with E-state index in [4.69, 9.17) is 11.6 Å². The molecular formula is C15H14ClFN2O3. The number of halogens is 2. The molecule has 22 heavy (non-hydrogen) atoms. The van der Waals surface area contributed by atoms with Gasteiger partial charge in [0.2, 0.25) is 0 Å². The lowest BCUT2D eigenvalue weighted by Gasteiger charge is -2.12. The molecule has 0 fully saturated rings. The van der Waals surface area contributed by atoms with Crippen molar-refractivity contribution in [2.45, 2.75) is 12.6 Å². The molecule has 2 aromatic rings. The van der Waals surface area contributed by atoms with E-state index < -0.39 is 16.8 Å². The van der Waals surface area contributed by atoms with Crippen LogP contribution in [0.3, 0.4) is 0 Å². The Morgan fingerprint density at radius 3 is 2.55 bits per heavy atom. The summed E-state index contributed by atoms with van der Waals surface area (Å²) in [6.07, 6.45) is -0.871. The first-order valence-electron chi connectivity index (χ1n) is 6.54. The molecule has 0 aromatic heterocycles. The minimum Gasteiger partial charge on any atom is -0.387 e. The number of nitrogens with one attached hydrogen (secondary N) is 1. The maximum atomic E-state index is 13.3. The van der Waals surface area contributed by atoms with Crippen LogP contribution < -0.4 is 5.32 Å². The summed E-state index contributed by atoms with van der Waals surface area (Å²) in [5.41, 5.74) is 1.30. The fourth-order valence-electron chi connectivity index (χ4n) is 1.93. The van der Waals surface area contributed by atoms with Crippen LogP contribution in [0.2, 0.25) is 5.02 Å². The van der Waals surface area contributed by atoms with Crippen molar-refractivity contribution in [3.05, 3.63) is 74.5 Å². The Labute approximate surface area is 131 Å². The first-order valence-corrected chi connectivity index (χ1v) is 6.92. The molecule has 0 heterocycles. The second-order valence-corrected chi connectivity index (χ2v) is 5.15.